The van der Waals surface area contributed by atoms with Crippen molar-refractivity contribution in [2.45, 2.75) is 265 Å². The van der Waals surface area contributed by atoms with Crippen molar-refractivity contribution in [1.29, 1.82) is 1.23 Å². The van der Waals surface area contributed by atoms with Crippen LogP contribution in [0.5, 0.6) is 0 Å². The van der Waals surface area contributed by atoms with E-state index in [1.165, 1.54) is 38.5 Å². The first-order valence-electron chi connectivity index (χ1n) is 24.8. The molecule has 0 saturated carbocycles. The number of hydrogen-bond donors (Lipinski definition) is 0. The maximum Gasteiger partial charge on any atom is 0.169 e. The fraction of sp³-hybridized carbons (Fsp3) is 1.00. The van der Waals surface area contributed by atoms with E-state index in [0.717, 1.165) is 30.8 Å². The van der Waals surface area contributed by atoms with Crippen LogP contribution in [0.15, 0.2) is 0 Å². The van der Waals surface area contributed by atoms with Crippen LogP contribution in [-0.2, 0) is 4.43 Å². The molecule has 2 rings (SSSR count). The summed E-state index contributed by atoms with van der Waals surface area (Å²) in [7, 11) is -21.6. The van der Waals surface area contributed by atoms with Gasteiger partial charge in [0.25, 0.3) is 0 Å². The van der Waals surface area contributed by atoms with Gasteiger partial charge in [0.2, 0.25) is 0 Å². The highest BCUT2D eigenvalue weighted by Crippen LogP contribution is 2.64. The molecule has 1 unspecified atom stereocenters. The molecule has 2 heterocycles. The Hall–Kier alpha value is 2.63. The van der Waals surface area contributed by atoms with Crippen molar-refractivity contribution in [2.75, 3.05) is 7.11 Å². The minimum atomic E-state index is -3.06. The Morgan fingerprint density at radius 2 is 0.702 bits per heavy atom. The van der Waals surface area contributed by atoms with Crippen LogP contribution in [0.1, 0.15) is 66.2 Å². The smallest absolute Gasteiger partial charge is 0.169 e. The second kappa shape index (κ2) is 18.5. The summed E-state index contributed by atoms with van der Waals surface area (Å²) >= 11 is 0. The predicted octanol–water partition coefficient (Wildman–Crippen LogP) is 16.0. The van der Waals surface area contributed by atoms with Gasteiger partial charge in [-0.05, 0) is 0 Å². The highest BCUT2D eigenvalue weighted by molar-refractivity contribution is 7.88. The van der Waals surface area contributed by atoms with Crippen LogP contribution in [-0.4, -0.2) is 110 Å². The molecule has 14 heteroatoms. The van der Waals surface area contributed by atoms with Gasteiger partial charge in [-0.2, -0.15) is 0 Å². The van der Waals surface area contributed by atoms with Gasteiger partial charge in [0.05, 0.1) is 7.59 Å². The zero-order chi connectivity index (χ0) is 46.2. The molecule has 2 aliphatic heterocycles. The Labute approximate surface area is 376 Å². The van der Waals surface area contributed by atoms with Gasteiger partial charge in [0.15, 0.2) is 8.08 Å². The van der Waals surface area contributed by atoms with Crippen LogP contribution < -0.4 is 0 Å². The lowest BCUT2D eigenvalue weighted by Gasteiger charge is -2.71. The zero-order valence-corrected chi connectivity index (χ0v) is 56.8. The van der Waals surface area contributed by atoms with E-state index in [2.05, 4.69) is 192 Å². The van der Waals surface area contributed by atoms with Crippen molar-refractivity contribution in [2.24, 2.45) is 0 Å². The molecule has 2 fully saturated rings. The second-order valence-corrected chi connectivity index (χ2v) is 104. The topological polar surface area (TPSA) is 9.23 Å². The first-order chi connectivity index (χ1) is 25.4. The van der Waals surface area contributed by atoms with Gasteiger partial charge < -0.3 is 4.43 Å². The summed E-state index contributed by atoms with van der Waals surface area (Å²) in [4.78, 5) is 3.51. The van der Waals surface area contributed by atoms with E-state index in [-0.39, 0.29) is 0 Å². The van der Waals surface area contributed by atoms with Crippen LogP contribution >= 0.6 is 0 Å². The molecule has 1 atom stereocenters. The summed E-state index contributed by atoms with van der Waals surface area (Å²) in [6, 6.07) is 0. The molecule has 337 valence electrons. The van der Waals surface area contributed by atoms with Crippen molar-refractivity contribution in [1.82, 2.24) is 0 Å². The number of rotatable bonds is 19. The summed E-state index contributed by atoms with van der Waals surface area (Å²) in [5.74, 6) is 1.58. The summed E-state index contributed by atoms with van der Waals surface area (Å²) in [6.45, 7) is 80.1. The SMILES string of the molecule is [2H][Si](B1C2CCCC1CCC2)([Si](OC)[Si](C(C)C)(C([Si](C)(C)C)[Si](C)(C)C)C([Si](C)(C)C)[Si](C)(C)C)[Si](C(C)C)(C([Si](C)(C)C)[Si](C)(C)C)C([Si](C)(C)C)[Si](C)(C)C. The van der Waals surface area contributed by atoms with Gasteiger partial charge in [-0.1, -0.05) is 265 Å². The zero-order valence-electron chi connectivity index (χ0n) is 45.8. The Kier molecular flexibility index (Phi) is 17.5. The summed E-state index contributed by atoms with van der Waals surface area (Å²) < 4.78 is 21.9. The lowest BCUT2D eigenvalue weighted by Crippen LogP contribution is -2.89. The summed E-state index contributed by atoms with van der Waals surface area (Å²) in [5.41, 5.74) is 1.34. The molecule has 0 aromatic heterocycles. The molecule has 0 N–H and O–H groups in total. The molecule has 1 radical (unpaired) electrons. The Bertz CT molecular complexity index is 1210. The molecule has 0 aliphatic carbocycles. The van der Waals surface area contributed by atoms with Crippen LogP contribution in [0, 0.1) is 0 Å². The normalized spacial score (nSPS) is 22.2. The first-order valence-corrected chi connectivity index (χ1v) is 63.4. The average Bonchev–Trinajstić information content (AvgIpc) is 2.89. The number of hydrogen-bond acceptors (Lipinski definition) is 1. The average molecular weight is 990 g/mol. The van der Waals surface area contributed by atoms with Gasteiger partial charge in [-0.15, -0.1) is 0 Å². The molecular formula is C43H108BOSi12. The Balaban J connectivity index is 3.96. The molecular weight excluding hydrogens is 880 g/mol. The minimum absolute atomic E-state index is 0.662. The molecule has 57 heavy (non-hydrogen) atoms. The highest BCUT2D eigenvalue weighted by Gasteiger charge is 2.76. The molecule has 0 amide bonds. The van der Waals surface area contributed by atoms with E-state index in [1.807, 2.05) is 0 Å². The quantitative estimate of drug-likeness (QED) is 0.117. The van der Waals surface area contributed by atoms with Gasteiger partial charge in [-0.3, -0.25) is 0 Å². The molecule has 1 nitrogen and oxygen atoms in total. The minimum Gasteiger partial charge on any atom is -0.428 e. The predicted molar refractivity (Wildman–Crippen MR) is 304 cm³/mol. The largest absolute Gasteiger partial charge is 0.428 e. The molecule has 0 spiro atoms. The lowest BCUT2D eigenvalue weighted by molar-refractivity contribution is 0.441. The van der Waals surface area contributed by atoms with Crippen LogP contribution in [0.3, 0.4) is 0 Å². The van der Waals surface area contributed by atoms with E-state index in [4.69, 9.17) is 4.43 Å². The van der Waals surface area contributed by atoms with Crippen molar-refractivity contribution >= 4 is 102 Å². The number of fused-ring (bicyclic) bond motifs is 2. The summed E-state index contributed by atoms with van der Waals surface area (Å²) in [6.07, 6.45) is 9.27. The van der Waals surface area contributed by atoms with Gasteiger partial charge in [0, 0.05) is 88.2 Å². The maximum atomic E-state index is 13.5. The molecule has 2 saturated heterocycles. The van der Waals surface area contributed by atoms with E-state index in [0.29, 0.717) is 17.4 Å². The molecule has 0 aromatic rings. The first kappa shape index (κ1) is 54.0. The van der Waals surface area contributed by atoms with Crippen LogP contribution in [0.25, 0.3) is 0 Å². The monoisotopic (exact) mass is 989 g/mol. The van der Waals surface area contributed by atoms with E-state index < -0.39 is 95.5 Å². The third-order valence-electron chi connectivity index (χ3n) is 15.7. The van der Waals surface area contributed by atoms with Crippen molar-refractivity contribution in [3.8, 4) is 0 Å². The standard InChI is InChI=1S/C43H108BOSi12/c1-36(2)56(40(48(6,7)8)49(9,10)11,41(50(12,13)14)51(15,16)17)46(44-38-32-30-33-39(44)35-31-34-38)47(45-5)57(37(3)4,42(52(18,19)20)53(21,22)23)43(54(24,25)26)55(27,28)29/h36-43,46H,30-35H2,1-29H3/i46D. The van der Waals surface area contributed by atoms with Crippen molar-refractivity contribution in [3.05, 3.63) is 0 Å². The van der Waals surface area contributed by atoms with Gasteiger partial charge >= 0.3 is 0 Å². The van der Waals surface area contributed by atoms with Gasteiger partial charge in [-0.25, -0.2) is 0 Å². The van der Waals surface area contributed by atoms with Crippen molar-refractivity contribution in [3.63, 3.8) is 0 Å². The van der Waals surface area contributed by atoms with Crippen LogP contribution in [0.2, 0.25) is 199 Å². The molecule has 0 aromatic carbocycles. The van der Waals surface area contributed by atoms with Gasteiger partial charge in [0.1, 0.15) is 6.31 Å². The van der Waals surface area contributed by atoms with Crippen molar-refractivity contribution < 1.29 is 4.43 Å². The second-order valence-electron chi connectivity index (χ2n) is 29.7. The summed E-state index contributed by atoms with van der Waals surface area (Å²) in [5, 5.41) is 0. The fourth-order valence-electron chi connectivity index (χ4n) is 18.0. The van der Waals surface area contributed by atoms with Crippen LogP contribution in [0.4, 0.5) is 0 Å². The Morgan fingerprint density at radius 1 is 0.456 bits per heavy atom. The third kappa shape index (κ3) is 11.4. The van der Waals surface area contributed by atoms with E-state index in [9.17, 15) is 1.23 Å². The lowest BCUT2D eigenvalue weighted by atomic mass is 9.42. The van der Waals surface area contributed by atoms with E-state index >= 15 is 0 Å². The Morgan fingerprint density at radius 3 is 0.877 bits per heavy atom. The third-order valence-corrected chi connectivity index (χ3v) is 133. The fourth-order valence-corrected chi connectivity index (χ4v) is 232. The highest BCUT2D eigenvalue weighted by atomic mass is 29.8. The van der Waals surface area contributed by atoms with E-state index in [1.54, 1.807) is 0 Å². The maximum absolute atomic E-state index is 13.5. The molecule has 2 bridgehead atoms. The molecule has 2 aliphatic rings.